The van der Waals surface area contributed by atoms with Gasteiger partial charge in [-0.2, -0.15) is 0 Å². The summed E-state index contributed by atoms with van der Waals surface area (Å²) in [6.07, 6.45) is 0. The van der Waals surface area contributed by atoms with E-state index in [1.54, 1.807) is 0 Å². The minimum Gasteiger partial charge on any atom is -0.653 e. The maximum Gasteiger partial charge on any atom is 0.199 e. The van der Waals surface area contributed by atoms with Gasteiger partial charge in [0.05, 0.1) is 0 Å². The van der Waals surface area contributed by atoms with Gasteiger partial charge in [0.1, 0.15) is 0 Å². The van der Waals surface area contributed by atoms with E-state index in [9.17, 15) is 4.79 Å². The van der Waals surface area contributed by atoms with Crippen molar-refractivity contribution >= 4 is 5.91 Å². The third-order valence-electron chi connectivity index (χ3n) is 0.847. The van der Waals surface area contributed by atoms with Crippen LogP contribution in [0.1, 0.15) is 0 Å². The van der Waals surface area contributed by atoms with E-state index in [1.807, 2.05) is 0 Å². The molecule has 0 radical (unpaired) electrons. The van der Waals surface area contributed by atoms with Crippen LogP contribution < -0.4 is 5.32 Å². The van der Waals surface area contributed by atoms with Gasteiger partial charge in [0.15, 0.2) is 5.91 Å². The first-order valence-corrected chi connectivity index (χ1v) is 2.29. The van der Waals surface area contributed by atoms with Gasteiger partial charge in [-0.3, -0.25) is 4.79 Å². The molecule has 4 heteroatoms. The van der Waals surface area contributed by atoms with Crippen molar-refractivity contribution < 1.29 is 25.9 Å². The van der Waals surface area contributed by atoms with Crippen LogP contribution in [0.5, 0.6) is 0 Å². The molecule has 0 aromatic carbocycles. The van der Waals surface area contributed by atoms with Gasteiger partial charge < -0.3 is 10.6 Å². The van der Waals surface area contributed by atoms with E-state index in [0.717, 1.165) is 13.1 Å². The van der Waals surface area contributed by atoms with E-state index in [-0.39, 0.29) is 27.0 Å². The Kier molecular flexibility index (Phi) is 4.10. The van der Waals surface area contributed by atoms with Gasteiger partial charge in [-0.05, 0) is 6.54 Å². The third kappa shape index (κ3) is 2.43. The Morgan fingerprint density at radius 2 is 2.38 bits per heavy atom. The third-order valence-corrected chi connectivity index (χ3v) is 0.847. The maximum atomic E-state index is 10.3. The Balaban J connectivity index is 0.000000490. The fraction of sp³-hybridized carbons (Fsp3) is 0.750. The smallest absolute Gasteiger partial charge is 0.199 e. The topological polar surface area (TPSA) is 43.2 Å². The van der Waals surface area contributed by atoms with Gasteiger partial charge >= 0.3 is 0 Å². The van der Waals surface area contributed by atoms with Crippen molar-refractivity contribution in [1.29, 1.82) is 0 Å². The molecule has 1 heterocycles. The molecule has 0 unspecified atom stereocenters. The molecule has 3 nitrogen and oxygen atoms in total. The second kappa shape index (κ2) is 4.04. The number of nitrogens with one attached hydrogen (secondary N) is 1. The van der Waals surface area contributed by atoms with Crippen molar-refractivity contribution in [3.05, 3.63) is 5.32 Å². The maximum absolute atomic E-state index is 10.3. The molecular weight excluding hydrogens is 276 g/mol. The van der Waals surface area contributed by atoms with Crippen LogP contribution in [0, 0.1) is 0 Å². The molecule has 0 saturated carbocycles. The molecule has 0 bridgehead atoms. The van der Waals surface area contributed by atoms with Crippen molar-refractivity contribution in [3.63, 3.8) is 0 Å². The number of hydrogen-bond acceptors (Lipinski definition) is 1. The number of piperazine rings is 1. The summed E-state index contributed by atoms with van der Waals surface area (Å²) in [4.78, 5) is 10.3. The van der Waals surface area contributed by atoms with Gasteiger partial charge in [-0.1, -0.05) is 6.54 Å². The van der Waals surface area contributed by atoms with Crippen molar-refractivity contribution in [2.45, 2.75) is 0 Å². The van der Waals surface area contributed by atoms with Crippen molar-refractivity contribution in [1.82, 2.24) is 5.32 Å². The van der Waals surface area contributed by atoms with Gasteiger partial charge in [0.2, 0.25) is 0 Å². The predicted octanol–water partition coefficient (Wildman–Crippen LogP) is -0.513. The summed E-state index contributed by atoms with van der Waals surface area (Å²) in [6.45, 7) is 1.87. The number of nitrogens with zero attached hydrogens (tertiary/aromatic N) is 1. The van der Waals surface area contributed by atoms with Gasteiger partial charge in [0.25, 0.3) is 0 Å². The Labute approximate surface area is 62.5 Å². The van der Waals surface area contributed by atoms with Gasteiger partial charge in [0, 0.05) is 21.1 Å². The first kappa shape index (κ1) is 8.12. The zero-order chi connectivity index (χ0) is 5.11. The molecule has 1 amide bonds. The van der Waals surface area contributed by atoms with Crippen LogP contribution >= 0.6 is 0 Å². The van der Waals surface area contributed by atoms with E-state index in [4.69, 9.17) is 0 Å². The Bertz CT molecular complexity index is 78.1. The van der Waals surface area contributed by atoms with Gasteiger partial charge in [-0.25, -0.2) is 0 Å². The van der Waals surface area contributed by atoms with Crippen molar-refractivity contribution in [2.75, 3.05) is 19.6 Å². The molecule has 0 atom stereocenters. The minimum atomic E-state index is 0. The van der Waals surface area contributed by atoms with E-state index < -0.39 is 0 Å². The van der Waals surface area contributed by atoms with E-state index >= 15 is 0 Å². The van der Waals surface area contributed by atoms with Crippen LogP contribution in [0.15, 0.2) is 0 Å². The number of rotatable bonds is 0. The van der Waals surface area contributed by atoms with E-state index in [2.05, 4.69) is 10.6 Å². The van der Waals surface area contributed by atoms with Crippen LogP contribution in [0.2, 0.25) is 0 Å². The molecule has 1 rings (SSSR count). The summed E-state index contributed by atoms with van der Waals surface area (Å²) >= 11 is 0. The largest absolute Gasteiger partial charge is 0.653 e. The first-order chi connectivity index (χ1) is 3.39. The quantitative estimate of drug-likeness (QED) is 0.639. The molecule has 1 fully saturated rings. The standard InChI is InChI=1S/C4H7N2O.W/c7-4-3-5-1-2-6-4;/h1-3H2,(H,6,7);/q-1;. The molecular formula is C4H7N2OW-. The van der Waals surface area contributed by atoms with E-state index in [1.165, 1.54) is 0 Å². The molecule has 46 valence electrons. The Hall–Kier alpha value is 0.118. The molecule has 0 aliphatic carbocycles. The second-order valence-corrected chi connectivity index (χ2v) is 1.46. The number of amides is 1. The molecule has 0 aromatic rings. The minimum absolute atomic E-state index is 0. The van der Waals surface area contributed by atoms with Crippen LogP contribution in [0.4, 0.5) is 0 Å². The SMILES string of the molecule is O=C1C[N-]CCN1.[W]. The van der Waals surface area contributed by atoms with E-state index in [0.29, 0.717) is 6.54 Å². The number of hydrogen-bond donors (Lipinski definition) is 1. The number of carbonyl (C=O) groups is 1. The predicted molar refractivity (Wildman–Crippen MR) is 26.1 cm³/mol. The van der Waals surface area contributed by atoms with Crippen LogP contribution in [-0.2, 0) is 25.9 Å². The van der Waals surface area contributed by atoms with Crippen LogP contribution in [0.3, 0.4) is 0 Å². The van der Waals surface area contributed by atoms with Gasteiger partial charge in [-0.15, -0.1) is 6.54 Å². The monoisotopic (exact) mass is 283 g/mol. The summed E-state index contributed by atoms with van der Waals surface area (Å²) in [7, 11) is 0. The Morgan fingerprint density at radius 3 is 2.62 bits per heavy atom. The summed E-state index contributed by atoms with van der Waals surface area (Å²) < 4.78 is 0. The average Bonchev–Trinajstić information content (AvgIpc) is 1.69. The Morgan fingerprint density at radius 1 is 1.62 bits per heavy atom. The summed E-state index contributed by atoms with van der Waals surface area (Å²) in [5.74, 6) is 0.0475. The second-order valence-electron chi connectivity index (χ2n) is 1.46. The summed E-state index contributed by atoms with van der Waals surface area (Å²) in [5.41, 5.74) is 0. The molecule has 0 aromatic heterocycles. The molecule has 1 aliphatic rings. The fourth-order valence-corrected chi connectivity index (χ4v) is 0.511. The molecule has 1 saturated heterocycles. The fourth-order valence-electron chi connectivity index (χ4n) is 0.511. The molecule has 8 heavy (non-hydrogen) atoms. The number of carbonyl (C=O) groups excluding carboxylic acids is 1. The van der Waals surface area contributed by atoms with Crippen LogP contribution in [-0.4, -0.2) is 25.5 Å². The normalized spacial score (nSPS) is 18.8. The molecule has 1 N–H and O–H groups in total. The average molecular weight is 283 g/mol. The zero-order valence-electron chi connectivity index (χ0n) is 4.39. The van der Waals surface area contributed by atoms with Crippen molar-refractivity contribution in [2.24, 2.45) is 0 Å². The molecule has 1 aliphatic heterocycles. The first-order valence-electron chi connectivity index (χ1n) is 2.29. The summed E-state index contributed by atoms with van der Waals surface area (Å²) in [5, 5.41) is 6.50. The molecule has 0 spiro atoms. The van der Waals surface area contributed by atoms with Crippen molar-refractivity contribution in [3.8, 4) is 0 Å². The van der Waals surface area contributed by atoms with Crippen LogP contribution in [0.25, 0.3) is 5.32 Å². The summed E-state index contributed by atoms with van der Waals surface area (Å²) in [6, 6.07) is 0. The zero-order valence-corrected chi connectivity index (χ0v) is 7.32.